The van der Waals surface area contributed by atoms with Crippen molar-refractivity contribution in [3.8, 4) is 11.4 Å². The minimum Gasteiger partial charge on any atom is -0.343 e. The van der Waals surface area contributed by atoms with Gasteiger partial charge in [0.25, 0.3) is 0 Å². The van der Waals surface area contributed by atoms with Crippen LogP contribution in [0.25, 0.3) is 11.4 Å². The van der Waals surface area contributed by atoms with E-state index in [-0.39, 0.29) is 5.82 Å². The largest absolute Gasteiger partial charge is 0.343 e. The maximum absolute atomic E-state index is 13.3. The molecule has 1 aromatic heterocycles. The highest BCUT2D eigenvalue weighted by Crippen LogP contribution is 2.27. The highest BCUT2D eigenvalue weighted by molar-refractivity contribution is 9.10. The van der Waals surface area contributed by atoms with E-state index in [2.05, 4.69) is 25.9 Å². The van der Waals surface area contributed by atoms with Crippen LogP contribution in [-0.2, 0) is 6.42 Å². The van der Waals surface area contributed by atoms with E-state index in [0.29, 0.717) is 16.0 Å². The average molecular weight is 327 g/mol. The van der Waals surface area contributed by atoms with Crippen molar-refractivity contribution in [2.45, 2.75) is 20.3 Å². The Balaban J connectivity index is 2.65. The molecular formula is C13H12BrFN2S. The van der Waals surface area contributed by atoms with Crippen molar-refractivity contribution < 1.29 is 4.39 Å². The van der Waals surface area contributed by atoms with Gasteiger partial charge in [0.2, 0.25) is 0 Å². The number of benzene rings is 1. The van der Waals surface area contributed by atoms with Gasteiger partial charge in [-0.25, -0.2) is 9.37 Å². The first-order valence-corrected chi connectivity index (χ1v) is 6.78. The number of halogens is 2. The fourth-order valence-corrected chi connectivity index (χ4v) is 2.66. The first kappa shape index (κ1) is 13.4. The molecule has 0 atom stereocenters. The standard InChI is InChI=1S/C13H12BrFN2S/c1-3-9-7(2)16-12(17-13(9)18)10-6-8(15)4-5-11(10)14/h4-6H,3H2,1-2H3,(H,16,17,18). The van der Waals surface area contributed by atoms with Gasteiger partial charge in [-0.1, -0.05) is 35.1 Å². The molecule has 0 saturated heterocycles. The summed E-state index contributed by atoms with van der Waals surface area (Å²) in [6.07, 6.45) is 0.832. The SMILES string of the molecule is CCc1c(C)[nH]c(-c2cc(F)ccc2Br)nc1=S. The number of hydrogen-bond donors (Lipinski definition) is 1. The molecule has 0 saturated carbocycles. The Labute approximate surface area is 118 Å². The van der Waals surface area contributed by atoms with Crippen molar-refractivity contribution in [1.29, 1.82) is 0 Å². The number of H-pyrrole nitrogens is 1. The van der Waals surface area contributed by atoms with Crippen molar-refractivity contribution in [1.82, 2.24) is 9.97 Å². The molecule has 0 bridgehead atoms. The number of hydrogen-bond acceptors (Lipinski definition) is 2. The van der Waals surface area contributed by atoms with Crippen molar-refractivity contribution >= 4 is 28.1 Å². The van der Waals surface area contributed by atoms with Crippen molar-refractivity contribution in [2.75, 3.05) is 0 Å². The molecule has 0 amide bonds. The Morgan fingerprint density at radius 1 is 1.44 bits per heavy atom. The van der Waals surface area contributed by atoms with Gasteiger partial charge in [0, 0.05) is 21.3 Å². The first-order valence-electron chi connectivity index (χ1n) is 5.58. The Morgan fingerprint density at radius 2 is 2.17 bits per heavy atom. The third-order valence-corrected chi connectivity index (χ3v) is 3.80. The Bertz CT molecular complexity index is 652. The molecular weight excluding hydrogens is 315 g/mol. The second-order valence-electron chi connectivity index (χ2n) is 3.97. The lowest BCUT2D eigenvalue weighted by atomic mass is 10.1. The van der Waals surface area contributed by atoms with Gasteiger partial charge in [0.15, 0.2) is 0 Å². The molecule has 0 aliphatic rings. The zero-order valence-electron chi connectivity index (χ0n) is 10.1. The van der Waals surface area contributed by atoms with Crippen LogP contribution < -0.4 is 0 Å². The summed E-state index contributed by atoms with van der Waals surface area (Å²) in [5, 5.41) is 0. The lowest BCUT2D eigenvalue weighted by molar-refractivity contribution is 0.628. The maximum Gasteiger partial charge on any atom is 0.140 e. The van der Waals surface area contributed by atoms with E-state index >= 15 is 0 Å². The minimum absolute atomic E-state index is 0.300. The molecule has 2 nitrogen and oxygen atoms in total. The topological polar surface area (TPSA) is 28.7 Å². The fraction of sp³-hybridized carbons (Fsp3) is 0.231. The average Bonchev–Trinajstić information content (AvgIpc) is 2.32. The number of nitrogens with zero attached hydrogens (tertiary/aromatic N) is 1. The van der Waals surface area contributed by atoms with Crippen LogP contribution in [0.4, 0.5) is 4.39 Å². The minimum atomic E-state index is -0.300. The number of aromatic nitrogens is 2. The molecule has 0 radical (unpaired) electrons. The molecule has 0 aliphatic carbocycles. The molecule has 0 aliphatic heterocycles. The third-order valence-electron chi connectivity index (χ3n) is 2.77. The Morgan fingerprint density at radius 3 is 2.78 bits per heavy atom. The number of rotatable bonds is 2. The van der Waals surface area contributed by atoms with E-state index in [9.17, 15) is 4.39 Å². The fourth-order valence-electron chi connectivity index (χ4n) is 1.83. The summed E-state index contributed by atoms with van der Waals surface area (Å²) >= 11 is 8.65. The van der Waals surface area contributed by atoms with E-state index < -0.39 is 0 Å². The van der Waals surface area contributed by atoms with Crippen molar-refractivity contribution in [2.24, 2.45) is 0 Å². The molecule has 1 N–H and O–H groups in total. The van der Waals surface area contributed by atoms with E-state index in [4.69, 9.17) is 12.2 Å². The van der Waals surface area contributed by atoms with Crippen LogP contribution in [0.3, 0.4) is 0 Å². The van der Waals surface area contributed by atoms with Gasteiger partial charge < -0.3 is 4.98 Å². The summed E-state index contributed by atoms with van der Waals surface area (Å²) in [6.45, 7) is 3.98. The highest BCUT2D eigenvalue weighted by Gasteiger charge is 2.09. The lowest BCUT2D eigenvalue weighted by Gasteiger charge is -2.09. The summed E-state index contributed by atoms with van der Waals surface area (Å²) < 4.78 is 14.6. The molecule has 1 aromatic carbocycles. The normalized spacial score (nSPS) is 10.7. The van der Waals surface area contributed by atoms with E-state index in [1.54, 1.807) is 6.07 Å². The molecule has 2 rings (SSSR count). The number of nitrogens with one attached hydrogen (secondary N) is 1. The molecule has 5 heteroatoms. The molecule has 0 fully saturated rings. The van der Waals surface area contributed by atoms with Gasteiger partial charge in [0.05, 0.1) is 0 Å². The van der Waals surface area contributed by atoms with E-state index in [1.807, 2.05) is 13.8 Å². The zero-order valence-corrected chi connectivity index (χ0v) is 12.5. The van der Waals surface area contributed by atoms with Crippen LogP contribution in [-0.4, -0.2) is 9.97 Å². The van der Waals surface area contributed by atoms with Gasteiger partial charge in [0.1, 0.15) is 16.3 Å². The Kier molecular flexibility index (Phi) is 3.92. The van der Waals surface area contributed by atoms with Crippen LogP contribution >= 0.6 is 28.1 Å². The molecule has 2 aromatic rings. The van der Waals surface area contributed by atoms with Gasteiger partial charge in [-0.15, -0.1) is 0 Å². The second-order valence-corrected chi connectivity index (χ2v) is 5.21. The van der Waals surface area contributed by atoms with Gasteiger partial charge in [-0.05, 0) is 31.5 Å². The van der Waals surface area contributed by atoms with Gasteiger partial charge in [-0.2, -0.15) is 0 Å². The summed E-state index contributed by atoms with van der Waals surface area (Å²) in [5.41, 5.74) is 2.68. The number of aromatic amines is 1. The second kappa shape index (κ2) is 5.28. The van der Waals surface area contributed by atoms with Crippen LogP contribution in [0.15, 0.2) is 22.7 Å². The molecule has 94 valence electrons. The van der Waals surface area contributed by atoms with E-state index in [0.717, 1.165) is 22.2 Å². The summed E-state index contributed by atoms with van der Waals surface area (Å²) in [5.74, 6) is 0.285. The zero-order chi connectivity index (χ0) is 13.3. The smallest absolute Gasteiger partial charge is 0.140 e. The summed E-state index contributed by atoms with van der Waals surface area (Å²) in [4.78, 5) is 7.52. The van der Waals surface area contributed by atoms with Crippen LogP contribution in [0.1, 0.15) is 18.2 Å². The third kappa shape index (κ3) is 2.52. The number of aryl methyl sites for hydroxylation is 1. The summed E-state index contributed by atoms with van der Waals surface area (Å²) in [7, 11) is 0. The van der Waals surface area contributed by atoms with Gasteiger partial charge >= 0.3 is 0 Å². The molecule has 0 unspecified atom stereocenters. The molecule has 18 heavy (non-hydrogen) atoms. The van der Waals surface area contributed by atoms with Crippen LogP contribution in [0.2, 0.25) is 0 Å². The maximum atomic E-state index is 13.3. The Hall–Kier alpha value is -1.07. The lowest BCUT2D eigenvalue weighted by Crippen LogP contribution is -1.99. The van der Waals surface area contributed by atoms with Crippen LogP contribution in [0, 0.1) is 17.4 Å². The quantitative estimate of drug-likeness (QED) is 0.818. The predicted octanol–water partition coefficient (Wildman–Crippen LogP) is 4.58. The van der Waals surface area contributed by atoms with Crippen molar-refractivity contribution in [3.63, 3.8) is 0 Å². The first-order chi connectivity index (χ1) is 8.52. The molecule has 0 spiro atoms. The monoisotopic (exact) mass is 326 g/mol. The predicted molar refractivity (Wildman–Crippen MR) is 76.6 cm³/mol. The highest BCUT2D eigenvalue weighted by atomic mass is 79.9. The molecule has 1 heterocycles. The summed E-state index contributed by atoms with van der Waals surface area (Å²) in [6, 6.07) is 4.49. The van der Waals surface area contributed by atoms with Gasteiger partial charge in [-0.3, -0.25) is 0 Å². The van der Waals surface area contributed by atoms with Crippen LogP contribution in [0.5, 0.6) is 0 Å². The van der Waals surface area contributed by atoms with Crippen molar-refractivity contribution in [3.05, 3.63) is 44.4 Å². The van der Waals surface area contributed by atoms with E-state index in [1.165, 1.54) is 12.1 Å².